The first-order valence-electron chi connectivity index (χ1n) is 5.88. The molecule has 7 heteroatoms. The Morgan fingerprint density at radius 3 is 2.58 bits per heavy atom. The minimum absolute atomic E-state index is 0.105. The summed E-state index contributed by atoms with van der Waals surface area (Å²) in [6.07, 6.45) is 3.70. The van der Waals surface area contributed by atoms with Crippen molar-refractivity contribution in [3.63, 3.8) is 0 Å². The Balaban J connectivity index is 2.04. The molecule has 1 amide bonds. The number of carbonyl (C=O) groups excluding carboxylic acids is 1. The predicted molar refractivity (Wildman–Crippen MR) is 90.2 cm³/mol. The van der Waals surface area contributed by atoms with Gasteiger partial charge in [-0.1, -0.05) is 12.2 Å². The molecule has 1 aromatic heterocycles. The second-order valence-corrected chi connectivity index (χ2v) is 8.55. The van der Waals surface area contributed by atoms with E-state index in [-0.39, 0.29) is 10.7 Å². The predicted octanol–water partition coefficient (Wildman–Crippen LogP) is 3.13. The van der Waals surface area contributed by atoms with Crippen molar-refractivity contribution in [3.05, 3.63) is 20.8 Å². The second-order valence-electron chi connectivity index (χ2n) is 4.46. The summed E-state index contributed by atoms with van der Waals surface area (Å²) in [5, 5.41) is 0. The van der Waals surface area contributed by atoms with Crippen LogP contribution in [0.2, 0.25) is 0 Å². The van der Waals surface area contributed by atoms with E-state index in [4.69, 9.17) is 18.0 Å². The monoisotopic (exact) mass is 378 g/mol. The summed E-state index contributed by atoms with van der Waals surface area (Å²) in [5.41, 5.74) is 5.85. The highest BCUT2D eigenvalue weighted by atomic mass is 79.9. The summed E-state index contributed by atoms with van der Waals surface area (Å²) in [6.45, 7) is 1.43. The number of rotatable bonds is 3. The molecule has 1 aromatic rings. The van der Waals surface area contributed by atoms with Gasteiger partial charge in [0.05, 0.1) is 18.4 Å². The van der Waals surface area contributed by atoms with Crippen LogP contribution in [0.4, 0.5) is 0 Å². The van der Waals surface area contributed by atoms with Crippen LogP contribution in [-0.2, 0) is 0 Å². The smallest absolute Gasteiger partial charge is 0.263 e. The molecule has 3 nitrogen and oxygen atoms in total. The van der Waals surface area contributed by atoms with E-state index in [0.717, 1.165) is 21.5 Å². The van der Waals surface area contributed by atoms with Crippen molar-refractivity contribution in [1.29, 1.82) is 0 Å². The number of halogens is 1. The minimum Gasteiger partial charge on any atom is -0.392 e. The zero-order valence-electron chi connectivity index (χ0n) is 10.5. The van der Waals surface area contributed by atoms with Crippen molar-refractivity contribution in [2.45, 2.75) is 17.6 Å². The van der Waals surface area contributed by atoms with Crippen LogP contribution >= 0.6 is 51.2 Å². The molecule has 1 aliphatic rings. The lowest BCUT2D eigenvalue weighted by molar-refractivity contribution is 0.0724. The summed E-state index contributed by atoms with van der Waals surface area (Å²) >= 11 is 11.7. The zero-order valence-corrected chi connectivity index (χ0v) is 14.6. The molecule has 0 spiro atoms. The van der Waals surface area contributed by atoms with Crippen molar-refractivity contribution in [1.82, 2.24) is 4.90 Å². The van der Waals surface area contributed by atoms with Crippen LogP contribution in [0.3, 0.4) is 0 Å². The fraction of sp³-hybridized carbons (Fsp3) is 0.500. The number of hydrogen-bond donors (Lipinski definition) is 1. The summed E-state index contributed by atoms with van der Waals surface area (Å²) in [5.74, 6) is 0.105. The standard InChI is InChI=1S/C12H15BrN2OS3/c1-18-12(11(14)17)4-6-15(7-5-12)10(16)8-2-3-9(13)19-8/h2-3H,4-7H2,1H3,(H2,14,17). The molecule has 1 saturated heterocycles. The quantitative estimate of drug-likeness (QED) is 0.820. The van der Waals surface area contributed by atoms with Gasteiger partial charge in [0.25, 0.3) is 5.91 Å². The maximum Gasteiger partial charge on any atom is 0.263 e. The Kier molecular flexibility index (Phi) is 4.92. The van der Waals surface area contributed by atoms with Gasteiger partial charge in [-0.15, -0.1) is 11.3 Å². The Labute approximate surface area is 135 Å². The van der Waals surface area contributed by atoms with Gasteiger partial charge in [0, 0.05) is 13.1 Å². The van der Waals surface area contributed by atoms with Gasteiger partial charge in [0.1, 0.15) is 0 Å². The van der Waals surface area contributed by atoms with E-state index in [0.29, 0.717) is 18.1 Å². The van der Waals surface area contributed by atoms with Crippen LogP contribution in [0.1, 0.15) is 22.5 Å². The van der Waals surface area contributed by atoms with E-state index in [9.17, 15) is 4.79 Å². The van der Waals surface area contributed by atoms with Crippen LogP contribution in [-0.4, -0.2) is 39.9 Å². The van der Waals surface area contributed by atoms with E-state index >= 15 is 0 Å². The van der Waals surface area contributed by atoms with E-state index in [1.54, 1.807) is 11.8 Å². The lowest BCUT2D eigenvalue weighted by Gasteiger charge is -2.39. The molecule has 104 valence electrons. The molecule has 19 heavy (non-hydrogen) atoms. The lowest BCUT2D eigenvalue weighted by atomic mass is 9.95. The number of hydrogen-bond acceptors (Lipinski definition) is 4. The maximum atomic E-state index is 12.3. The Bertz CT molecular complexity index is 495. The van der Waals surface area contributed by atoms with E-state index in [2.05, 4.69) is 15.9 Å². The van der Waals surface area contributed by atoms with Crippen LogP contribution in [0.15, 0.2) is 15.9 Å². The zero-order chi connectivity index (χ0) is 14.0. The molecule has 1 aliphatic heterocycles. The molecule has 2 heterocycles. The largest absolute Gasteiger partial charge is 0.392 e. The number of nitrogens with zero attached hydrogens (tertiary/aromatic N) is 1. The fourth-order valence-electron chi connectivity index (χ4n) is 2.21. The average Bonchev–Trinajstić information content (AvgIpc) is 2.84. The molecule has 0 bridgehead atoms. The summed E-state index contributed by atoms with van der Waals surface area (Å²) in [4.78, 5) is 15.6. The molecular formula is C12H15BrN2OS3. The Morgan fingerprint density at radius 2 is 2.16 bits per heavy atom. The number of thioether (sulfide) groups is 1. The first-order valence-corrected chi connectivity index (χ1v) is 9.12. The summed E-state index contributed by atoms with van der Waals surface area (Å²) < 4.78 is 0.844. The second kappa shape index (κ2) is 6.11. The third-order valence-corrected chi connectivity index (χ3v) is 7.02. The van der Waals surface area contributed by atoms with Crippen LogP contribution in [0.25, 0.3) is 0 Å². The SMILES string of the molecule is CSC1(C(N)=S)CCN(C(=O)c2ccc(Br)s2)CC1. The highest BCUT2D eigenvalue weighted by molar-refractivity contribution is 9.11. The lowest BCUT2D eigenvalue weighted by Crippen LogP contribution is -2.50. The van der Waals surface area contributed by atoms with Gasteiger partial charge < -0.3 is 10.6 Å². The van der Waals surface area contributed by atoms with Crippen LogP contribution in [0, 0.1) is 0 Å². The topological polar surface area (TPSA) is 46.3 Å². The van der Waals surface area contributed by atoms with E-state index in [1.807, 2.05) is 23.3 Å². The van der Waals surface area contributed by atoms with Gasteiger partial charge in [0.15, 0.2) is 0 Å². The number of thiophene rings is 1. The van der Waals surface area contributed by atoms with Gasteiger partial charge >= 0.3 is 0 Å². The molecule has 0 saturated carbocycles. The number of thiocarbonyl (C=S) groups is 1. The van der Waals surface area contributed by atoms with Crippen LogP contribution in [0.5, 0.6) is 0 Å². The third kappa shape index (κ3) is 3.15. The molecule has 1 fully saturated rings. The van der Waals surface area contributed by atoms with Gasteiger partial charge in [-0.25, -0.2) is 0 Å². The van der Waals surface area contributed by atoms with Gasteiger partial charge in [-0.05, 0) is 47.2 Å². The fourth-order valence-corrected chi connectivity index (χ4v) is 4.81. The number of nitrogens with two attached hydrogens (primary N) is 1. The van der Waals surface area contributed by atoms with Crippen molar-refractivity contribution >= 4 is 62.1 Å². The third-order valence-electron chi connectivity index (χ3n) is 3.48. The average molecular weight is 379 g/mol. The molecular weight excluding hydrogens is 364 g/mol. The number of likely N-dealkylation sites (tertiary alicyclic amines) is 1. The molecule has 2 N–H and O–H groups in total. The van der Waals surface area contributed by atoms with E-state index < -0.39 is 0 Å². The molecule has 0 radical (unpaired) electrons. The van der Waals surface area contributed by atoms with Crippen molar-refractivity contribution < 1.29 is 4.79 Å². The van der Waals surface area contributed by atoms with Gasteiger partial charge in [-0.2, -0.15) is 11.8 Å². The summed E-state index contributed by atoms with van der Waals surface area (Å²) in [7, 11) is 0. The van der Waals surface area contributed by atoms with Gasteiger partial charge in [-0.3, -0.25) is 4.79 Å². The number of amides is 1. The van der Waals surface area contributed by atoms with Crippen molar-refractivity contribution in [2.75, 3.05) is 19.3 Å². The highest BCUT2D eigenvalue weighted by Gasteiger charge is 2.38. The maximum absolute atomic E-state index is 12.3. The molecule has 0 aromatic carbocycles. The van der Waals surface area contributed by atoms with E-state index in [1.165, 1.54) is 11.3 Å². The van der Waals surface area contributed by atoms with Crippen molar-refractivity contribution in [3.8, 4) is 0 Å². The highest BCUT2D eigenvalue weighted by Crippen LogP contribution is 2.35. The Morgan fingerprint density at radius 1 is 1.53 bits per heavy atom. The molecule has 0 aliphatic carbocycles. The molecule has 0 atom stereocenters. The number of carbonyl (C=O) groups is 1. The first-order chi connectivity index (χ1) is 8.98. The van der Waals surface area contributed by atoms with Crippen LogP contribution < -0.4 is 5.73 Å². The number of piperidine rings is 1. The first kappa shape index (κ1) is 15.3. The van der Waals surface area contributed by atoms with Crippen molar-refractivity contribution in [2.24, 2.45) is 5.73 Å². The summed E-state index contributed by atoms with van der Waals surface area (Å²) in [6, 6.07) is 3.77. The normalized spacial score (nSPS) is 18.3. The Hall–Kier alpha value is -0.110. The molecule has 2 rings (SSSR count). The molecule has 0 unspecified atom stereocenters. The van der Waals surface area contributed by atoms with Gasteiger partial charge in [0.2, 0.25) is 0 Å². The minimum atomic E-state index is -0.137.